The van der Waals surface area contributed by atoms with Crippen LogP contribution >= 0.6 is 0 Å². The van der Waals surface area contributed by atoms with Crippen LogP contribution in [-0.4, -0.2) is 123 Å². The van der Waals surface area contributed by atoms with E-state index in [4.69, 9.17) is 28.4 Å². The van der Waals surface area contributed by atoms with Gasteiger partial charge < -0.3 is 59.5 Å². The van der Waals surface area contributed by atoms with Gasteiger partial charge in [0.2, 0.25) is 11.8 Å². The summed E-state index contributed by atoms with van der Waals surface area (Å²) < 4.78 is 34.1. The molecule has 0 bridgehead atoms. The smallest absolute Gasteiger partial charge is 0.407 e. The number of benzene rings is 4. The summed E-state index contributed by atoms with van der Waals surface area (Å²) in [5.74, 6) is -4.28. The Kier molecular flexibility index (Phi) is 16.2. The van der Waals surface area contributed by atoms with Crippen LogP contribution in [-0.2, 0) is 53.0 Å². The fraction of sp³-hybridized carbons (Fsp3) is 0.474. The van der Waals surface area contributed by atoms with Crippen LogP contribution in [0.3, 0.4) is 0 Å². The second-order valence-corrected chi connectivity index (χ2v) is 20.0. The maximum atomic E-state index is 14.8. The molecule has 4 aromatic carbocycles. The fourth-order valence-electron chi connectivity index (χ4n) is 11.7. The molecule has 0 saturated carbocycles. The van der Waals surface area contributed by atoms with Crippen molar-refractivity contribution in [3.8, 4) is 11.1 Å². The van der Waals surface area contributed by atoms with Crippen molar-refractivity contribution in [1.82, 2.24) is 20.4 Å². The number of ether oxygens (including phenoxy) is 6. The Labute approximate surface area is 437 Å². The van der Waals surface area contributed by atoms with E-state index in [1.54, 1.807) is 48.5 Å². The van der Waals surface area contributed by atoms with Crippen molar-refractivity contribution >= 4 is 47.2 Å². The molecule has 4 aromatic rings. The van der Waals surface area contributed by atoms with Crippen molar-refractivity contribution in [2.75, 3.05) is 64.4 Å². The molecular formula is C57H68N6O12. The first kappa shape index (κ1) is 53.0. The highest BCUT2D eigenvalue weighted by molar-refractivity contribution is 6.01. The van der Waals surface area contributed by atoms with Gasteiger partial charge >= 0.3 is 12.2 Å². The number of amides is 6. The van der Waals surface area contributed by atoms with Crippen molar-refractivity contribution in [2.45, 2.75) is 119 Å². The molecule has 9 rings (SSSR count). The second kappa shape index (κ2) is 22.9. The minimum Gasteiger partial charge on any atom is -0.453 e. The summed E-state index contributed by atoms with van der Waals surface area (Å²) >= 11 is 0. The number of fused-ring (bicyclic) bond motifs is 3. The van der Waals surface area contributed by atoms with Crippen LogP contribution < -0.4 is 21.3 Å². The first-order chi connectivity index (χ1) is 36.4. The van der Waals surface area contributed by atoms with E-state index in [0.717, 1.165) is 73.6 Å². The number of hydrogen-bond acceptors (Lipinski definition) is 12. The molecule has 18 heteroatoms. The third-order valence-electron chi connectivity index (χ3n) is 15.3. The molecule has 398 valence electrons. The van der Waals surface area contributed by atoms with Crippen LogP contribution in [0.2, 0.25) is 0 Å². The summed E-state index contributed by atoms with van der Waals surface area (Å²) in [6.07, 6.45) is 6.08. The number of methoxy groups -OCH3 is 2. The van der Waals surface area contributed by atoms with E-state index in [1.807, 2.05) is 36.4 Å². The maximum absolute atomic E-state index is 14.8. The maximum Gasteiger partial charge on any atom is 0.407 e. The SMILES string of the molecule is CCCCCC1(CCCCC)c2cc(NC(=O)[C@@H]3CC4(CN3C(=O)[C@H](NC(=O)OC)c3ccccc3)OCCO4)ccc2-c2ccc(NC(=O)[C@@H]3CC4(CN3C(=O)[C@H](NC(=O)OC)c3ccccc3)OCCO4)cc21. The van der Waals surface area contributed by atoms with Crippen LogP contribution in [0.15, 0.2) is 97.1 Å². The third-order valence-corrected chi connectivity index (χ3v) is 15.3. The van der Waals surface area contributed by atoms with Gasteiger partial charge in [0.25, 0.3) is 11.8 Å². The average molecular weight is 1030 g/mol. The molecule has 4 N–H and O–H groups in total. The van der Waals surface area contributed by atoms with E-state index in [0.29, 0.717) is 48.9 Å². The molecule has 5 aliphatic rings. The average Bonchev–Trinajstić information content (AvgIpc) is 4.35. The summed E-state index contributed by atoms with van der Waals surface area (Å²) in [7, 11) is 2.45. The highest BCUT2D eigenvalue weighted by Crippen LogP contribution is 2.55. The van der Waals surface area contributed by atoms with Gasteiger partial charge in [0, 0.05) is 29.6 Å². The van der Waals surface area contributed by atoms with Crippen LogP contribution in [0.25, 0.3) is 11.1 Å². The number of unbranched alkanes of at least 4 members (excludes halogenated alkanes) is 4. The van der Waals surface area contributed by atoms with E-state index in [2.05, 4.69) is 47.2 Å². The molecule has 4 aliphatic heterocycles. The van der Waals surface area contributed by atoms with Crippen LogP contribution in [0, 0.1) is 0 Å². The van der Waals surface area contributed by atoms with Crippen molar-refractivity contribution in [1.29, 1.82) is 0 Å². The van der Waals surface area contributed by atoms with Gasteiger partial charge in [-0.2, -0.15) is 0 Å². The molecule has 4 heterocycles. The quantitative estimate of drug-likeness (QED) is 0.0702. The zero-order valence-electron chi connectivity index (χ0n) is 43.2. The van der Waals surface area contributed by atoms with Gasteiger partial charge in [-0.15, -0.1) is 0 Å². The normalized spacial score (nSPS) is 20.3. The van der Waals surface area contributed by atoms with E-state index in [-0.39, 0.29) is 25.9 Å². The van der Waals surface area contributed by atoms with E-state index in [1.165, 1.54) is 24.0 Å². The number of hydrogen-bond donors (Lipinski definition) is 4. The van der Waals surface area contributed by atoms with E-state index in [9.17, 15) is 28.8 Å². The van der Waals surface area contributed by atoms with Gasteiger partial charge in [-0.3, -0.25) is 19.2 Å². The van der Waals surface area contributed by atoms with Gasteiger partial charge in [0.05, 0.1) is 53.7 Å². The van der Waals surface area contributed by atoms with Gasteiger partial charge in [-0.05, 0) is 70.5 Å². The number of nitrogens with one attached hydrogen (secondary N) is 4. The van der Waals surface area contributed by atoms with Gasteiger partial charge in [-0.1, -0.05) is 125 Å². The van der Waals surface area contributed by atoms with Crippen LogP contribution in [0.1, 0.15) is 112 Å². The van der Waals surface area contributed by atoms with Gasteiger partial charge in [-0.25, -0.2) is 9.59 Å². The minimum absolute atomic E-state index is 0.0230. The predicted molar refractivity (Wildman–Crippen MR) is 277 cm³/mol. The Balaban J connectivity index is 1.02. The molecule has 18 nitrogen and oxygen atoms in total. The summed E-state index contributed by atoms with van der Waals surface area (Å²) in [6, 6.07) is 25.2. The molecule has 0 unspecified atom stereocenters. The molecule has 0 aromatic heterocycles. The predicted octanol–water partition coefficient (Wildman–Crippen LogP) is 7.87. The summed E-state index contributed by atoms with van der Waals surface area (Å²) in [6.45, 7) is 5.54. The topological polar surface area (TPSA) is 212 Å². The molecule has 75 heavy (non-hydrogen) atoms. The molecule has 4 saturated heterocycles. The molecule has 4 atom stereocenters. The van der Waals surface area contributed by atoms with Crippen LogP contribution in [0.5, 0.6) is 0 Å². The summed E-state index contributed by atoms with van der Waals surface area (Å²) in [4.78, 5) is 86.8. The van der Waals surface area contributed by atoms with E-state index < -0.39 is 77.0 Å². The molecule has 6 amide bonds. The first-order valence-electron chi connectivity index (χ1n) is 26.2. The Morgan fingerprint density at radius 3 is 1.31 bits per heavy atom. The number of alkyl carbamates (subject to hydrolysis) is 2. The number of likely N-dealkylation sites (tertiary alicyclic amines) is 2. The fourth-order valence-corrected chi connectivity index (χ4v) is 11.7. The Morgan fingerprint density at radius 1 is 0.560 bits per heavy atom. The monoisotopic (exact) mass is 1030 g/mol. The number of carbonyl (C=O) groups excluding carboxylic acids is 6. The number of anilines is 2. The van der Waals surface area contributed by atoms with Crippen LogP contribution in [0.4, 0.5) is 21.0 Å². The van der Waals surface area contributed by atoms with Crippen molar-refractivity contribution in [2.24, 2.45) is 0 Å². The molecule has 4 fully saturated rings. The van der Waals surface area contributed by atoms with Crippen molar-refractivity contribution < 1.29 is 57.2 Å². The Hall–Kier alpha value is -6.86. The third kappa shape index (κ3) is 11.0. The Bertz CT molecular complexity index is 2540. The lowest BCUT2D eigenvalue weighted by Crippen LogP contribution is -2.49. The van der Waals surface area contributed by atoms with Gasteiger partial charge in [0.1, 0.15) is 24.2 Å². The standard InChI is InChI=1S/C57H68N6O12/c1-5-7-15-25-55(26-16-8-6-2)43-31-39(58-49(64)45-33-56(72-27-28-73-56)35-62(45)51(66)47(60-53(68)70-3)37-17-11-9-12-18-37)21-23-41(43)42-24-22-40(32-44(42)55)59-50(65)46-34-57(74-29-30-75-57)36-63(46)52(67)48(61-54(69)71-4)38-19-13-10-14-20-38/h9-14,17-24,31-32,45-48H,5-8,15-16,25-30,33-36H2,1-4H3,(H,58,64)(H,59,65)(H,60,68)(H,61,69)/t45-,46-,47+,48+/m0/s1. The summed E-state index contributed by atoms with van der Waals surface area (Å²) in [5.41, 5.74) is 5.80. The lowest BCUT2D eigenvalue weighted by molar-refractivity contribution is -0.153. The number of carbonyl (C=O) groups is 6. The highest BCUT2D eigenvalue weighted by Gasteiger charge is 2.55. The zero-order chi connectivity index (χ0) is 52.7. The number of nitrogens with zero attached hydrogens (tertiary/aromatic N) is 2. The van der Waals surface area contributed by atoms with Gasteiger partial charge in [0.15, 0.2) is 11.6 Å². The molecule has 1 aliphatic carbocycles. The zero-order valence-corrected chi connectivity index (χ0v) is 43.2. The second-order valence-electron chi connectivity index (χ2n) is 20.0. The van der Waals surface area contributed by atoms with Crippen molar-refractivity contribution in [3.05, 3.63) is 119 Å². The number of rotatable bonds is 18. The molecule has 2 spiro atoms. The Morgan fingerprint density at radius 2 is 0.947 bits per heavy atom. The molecular weight excluding hydrogens is 961 g/mol. The largest absolute Gasteiger partial charge is 0.453 e. The molecule has 0 radical (unpaired) electrons. The minimum atomic E-state index is -1.19. The lowest BCUT2D eigenvalue weighted by atomic mass is 9.70. The summed E-state index contributed by atoms with van der Waals surface area (Å²) in [5, 5.41) is 11.7. The van der Waals surface area contributed by atoms with E-state index >= 15 is 0 Å². The van der Waals surface area contributed by atoms with Crippen molar-refractivity contribution in [3.63, 3.8) is 0 Å². The first-order valence-corrected chi connectivity index (χ1v) is 26.2. The highest BCUT2D eigenvalue weighted by atomic mass is 16.7. The lowest BCUT2D eigenvalue weighted by Gasteiger charge is -2.33.